The van der Waals surface area contributed by atoms with Gasteiger partial charge in [0.05, 0.1) is 0 Å². The number of hydrogen-bond acceptors (Lipinski definition) is 4. The molecule has 28 heavy (non-hydrogen) atoms. The number of amides is 2. The molecule has 0 spiro atoms. The number of benzene rings is 2. The van der Waals surface area contributed by atoms with E-state index in [1.165, 1.54) is 0 Å². The second-order valence-electron chi connectivity index (χ2n) is 6.56. The van der Waals surface area contributed by atoms with Gasteiger partial charge >= 0.3 is 0 Å². The normalized spacial score (nSPS) is 13.9. The molecule has 0 aliphatic carbocycles. The molecule has 1 N–H and O–H groups in total. The molecule has 0 atom stereocenters. The summed E-state index contributed by atoms with van der Waals surface area (Å²) in [4.78, 5) is 28.0. The summed E-state index contributed by atoms with van der Waals surface area (Å²) >= 11 is 5.82. The van der Waals surface area contributed by atoms with Crippen LogP contribution in [0.5, 0.6) is 5.75 Å². The van der Waals surface area contributed by atoms with E-state index in [1.54, 1.807) is 24.3 Å². The Morgan fingerprint density at radius 1 is 1.00 bits per heavy atom. The molecule has 6 nitrogen and oxygen atoms in total. The first-order valence-electron chi connectivity index (χ1n) is 9.36. The standard InChI is InChI=1S/C21H24ClN3O3/c1-2-21(27)25-13-11-24(12-14-25)18-7-5-17(6-8-18)23-20(26)15-28-19-9-3-16(22)4-10-19/h3-10H,2,11-15H2,1H3,(H,23,26). The van der Waals surface area contributed by atoms with Gasteiger partial charge in [-0.2, -0.15) is 0 Å². The highest BCUT2D eigenvalue weighted by Crippen LogP contribution is 2.20. The lowest BCUT2D eigenvalue weighted by molar-refractivity contribution is -0.131. The molecule has 2 aromatic rings. The van der Waals surface area contributed by atoms with Crippen LogP contribution in [0.15, 0.2) is 48.5 Å². The topological polar surface area (TPSA) is 61.9 Å². The van der Waals surface area contributed by atoms with Gasteiger partial charge in [-0.1, -0.05) is 18.5 Å². The SMILES string of the molecule is CCC(=O)N1CCN(c2ccc(NC(=O)COc3ccc(Cl)cc3)cc2)CC1. The maximum absolute atomic E-state index is 12.1. The predicted molar refractivity (Wildman–Crippen MR) is 111 cm³/mol. The summed E-state index contributed by atoms with van der Waals surface area (Å²) in [6, 6.07) is 14.6. The number of hydrogen-bond donors (Lipinski definition) is 1. The lowest BCUT2D eigenvalue weighted by Gasteiger charge is -2.36. The fourth-order valence-corrected chi connectivity index (χ4v) is 3.20. The first-order valence-corrected chi connectivity index (χ1v) is 9.74. The second kappa shape index (κ2) is 9.46. The molecule has 2 aromatic carbocycles. The molecule has 1 aliphatic rings. The molecule has 148 valence electrons. The second-order valence-corrected chi connectivity index (χ2v) is 7.00. The van der Waals surface area contributed by atoms with Crippen LogP contribution in [0.3, 0.4) is 0 Å². The van der Waals surface area contributed by atoms with Crippen LogP contribution in [0.4, 0.5) is 11.4 Å². The van der Waals surface area contributed by atoms with Crippen molar-refractivity contribution in [2.24, 2.45) is 0 Å². The molecule has 0 aromatic heterocycles. The highest BCUT2D eigenvalue weighted by molar-refractivity contribution is 6.30. The first-order chi connectivity index (χ1) is 13.5. The summed E-state index contributed by atoms with van der Waals surface area (Å²) in [5, 5.41) is 3.44. The Hall–Kier alpha value is -2.73. The molecule has 0 radical (unpaired) electrons. The highest BCUT2D eigenvalue weighted by Gasteiger charge is 2.20. The molecule has 7 heteroatoms. The van der Waals surface area contributed by atoms with Gasteiger partial charge < -0.3 is 19.9 Å². The van der Waals surface area contributed by atoms with Crippen molar-refractivity contribution in [2.45, 2.75) is 13.3 Å². The third-order valence-electron chi connectivity index (χ3n) is 4.63. The van der Waals surface area contributed by atoms with Gasteiger partial charge in [-0.25, -0.2) is 0 Å². The van der Waals surface area contributed by atoms with E-state index >= 15 is 0 Å². The fraction of sp³-hybridized carbons (Fsp3) is 0.333. The van der Waals surface area contributed by atoms with Crippen molar-refractivity contribution in [3.05, 3.63) is 53.6 Å². The van der Waals surface area contributed by atoms with Gasteiger partial charge in [-0.15, -0.1) is 0 Å². The van der Waals surface area contributed by atoms with Crippen LogP contribution in [0.1, 0.15) is 13.3 Å². The Balaban J connectivity index is 1.47. The van der Waals surface area contributed by atoms with Crippen LogP contribution in [0, 0.1) is 0 Å². The number of carbonyl (C=O) groups excluding carboxylic acids is 2. The van der Waals surface area contributed by atoms with Crippen LogP contribution < -0.4 is 15.0 Å². The third-order valence-corrected chi connectivity index (χ3v) is 4.89. The van der Waals surface area contributed by atoms with Crippen molar-refractivity contribution in [3.63, 3.8) is 0 Å². The Morgan fingerprint density at radius 2 is 1.64 bits per heavy atom. The number of halogens is 1. The number of piperazine rings is 1. The zero-order valence-corrected chi connectivity index (χ0v) is 16.6. The molecule has 1 heterocycles. The van der Waals surface area contributed by atoms with Gasteiger partial charge in [0.15, 0.2) is 6.61 Å². The van der Waals surface area contributed by atoms with Crippen molar-refractivity contribution in [1.29, 1.82) is 0 Å². The van der Waals surface area contributed by atoms with E-state index in [1.807, 2.05) is 36.1 Å². The Kier molecular flexibility index (Phi) is 6.76. The highest BCUT2D eigenvalue weighted by atomic mass is 35.5. The molecule has 1 fully saturated rings. The van der Waals surface area contributed by atoms with Crippen LogP contribution in [0.25, 0.3) is 0 Å². The van der Waals surface area contributed by atoms with Gasteiger partial charge in [0, 0.05) is 49.0 Å². The number of ether oxygens (including phenoxy) is 1. The van der Waals surface area contributed by atoms with Crippen molar-refractivity contribution < 1.29 is 14.3 Å². The van der Waals surface area contributed by atoms with Gasteiger partial charge in [-0.3, -0.25) is 9.59 Å². The zero-order chi connectivity index (χ0) is 19.9. The Bertz CT molecular complexity index is 801. The van der Waals surface area contributed by atoms with E-state index in [4.69, 9.17) is 16.3 Å². The quantitative estimate of drug-likeness (QED) is 0.805. The molecule has 3 rings (SSSR count). The molecule has 0 saturated carbocycles. The summed E-state index contributed by atoms with van der Waals surface area (Å²) in [6.45, 7) is 4.93. The van der Waals surface area contributed by atoms with Crippen LogP contribution in [-0.4, -0.2) is 49.5 Å². The lowest BCUT2D eigenvalue weighted by Crippen LogP contribution is -2.48. The van der Waals surface area contributed by atoms with Crippen LogP contribution >= 0.6 is 11.6 Å². The predicted octanol–water partition coefficient (Wildman–Crippen LogP) is 3.42. The molecule has 0 bridgehead atoms. The minimum Gasteiger partial charge on any atom is -0.484 e. The number of nitrogens with one attached hydrogen (secondary N) is 1. The monoisotopic (exact) mass is 401 g/mol. The van der Waals surface area contributed by atoms with E-state index in [0.717, 1.165) is 31.9 Å². The van der Waals surface area contributed by atoms with E-state index in [9.17, 15) is 9.59 Å². The maximum atomic E-state index is 12.1. The van der Waals surface area contributed by atoms with Gasteiger partial charge in [0.1, 0.15) is 5.75 Å². The summed E-state index contributed by atoms with van der Waals surface area (Å²) in [5.41, 5.74) is 1.80. The largest absolute Gasteiger partial charge is 0.484 e. The molecular weight excluding hydrogens is 378 g/mol. The van der Waals surface area contributed by atoms with Crippen molar-refractivity contribution >= 4 is 34.8 Å². The fourth-order valence-electron chi connectivity index (χ4n) is 3.07. The van der Waals surface area contributed by atoms with Gasteiger partial charge in [-0.05, 0) is 48.5 Å². The van der Waals surface area contributed by atoms with Crippen molar-refractivity contribution in [1.82, 2.24) is 4.90 Å². The lowest BCUT2D eigenvalue weighted by atomic mass is 10.2. The molecule has 1 saturated heterocycles. The minimum atomic E-state index is -0.227. The minimum absolute atomic E-state index is 0.0726. The van der Waals surface area contributed by atoms with E-state index in [-0.39, 0.29) is 18.4 Å². The van der Waals surface area contributed by atoms with Crippen LogP contribution in [0.2, 0.25) is 5.02 Å². The summed E-state index contributed by atoms with van der Waals surface area (Å²) in [7, 11) is 0. The molecule has 2 amide bonds. The summed E-state index contributed by atoms with van der Waals surface area (Å²) < 4.78 is 5.44. The van der Waals surface area contributed by atoms with E-state index in [0.29, 0.717) is 22.9 Å². The van der Waals surface area contributed by atoms with E-state index < -0.39 is 0 Å². The van der Waals surface area contributed by atoms with Crippen LogP contribution in [-0.2, 0) is 9.59 Å². The average Bonchev–Trinajstić information content (AvgIpc) is 2.73. The average molecular weight is 402 g/mol. The number of rotatable bonds is 6. The Morgan fingerprint density at radius 3 is 2.25 bits per heavy atom. The molecule has 1 aliphatic heterocycles. The summed E-state index contributed by atoms with van der Waals surface area (Å²) in [5.74, 6) is 0.573. The summed E-state index contributed by atoms with van der Waals surface area (Å²) in [6.07, 6.45) is 0.552. The maximum Gasteiger partial charge on any atom is 0.262 e. The first kappa shape index (κ1) is 20.0. The molecule has 0 unspecified atom stereocenters. The smallest absolute Gasteiger partial charge is 0.262 e. The van der Waals surface area contributed by atoms with Crippen molar-refractivity contribution in [2.75, 3.05) is 43.0 Å². The van der Waals surface area contributed by atoms with Gasteiger partial charge in [0.2, 0.25) is 5.91 Å². The number of carbonyl (C=O) groups is 2. The van der Waals surface area contributed by atoms with Gasteiger partial charge in [0.25, 0.3) is 5.91 Å². The van der Waals surface area contributed by atoms with Crippen molar-refractivity contribution in [3.8, 4) is 5.75 Å². The van der Waals surface area contributed by atoms with E-state index in [2.05, 4.69) is 10.2 Å². The third kappa shape index (κ3) is 5.39. The molecular formula is C21H24ClN3O3. The number of anilines is 2. The number of nitrogens with zero attached hydrogens (tertiary/aromatic N) is 2. The zero-order valence-electron chi connectivity index (χ0n) is 15.9. The Labute approximate surface area is 170 Å².